The Balaban J connectivity index is 1.63. The molecule has 0 saturated carbocycles. The average Bonchev–Trinajstić information content (AvgIpc) is 3.17. The number of hydrogen-bond acceptors (Lipinski definition) is 4. The van der Waals surface area contributed by atoms with E-state index in [2.05, 4.69) is 0 Å². The molecule has 0 aromatic heterocycles. The molecule has 0 radical (unpaired) electrons. The Kier molecular flexibility index (Phi) is 5.85. The SMILES string of the molecule is Cc1ccc(S(=O)(=O)N2c3ccc(Cl)cc3[C@H](c3ccccc3)[C@@H]3C(=O)N(c4ccccc4)C(=O)[C@@H]32)cc1. The van der Waals surface area contributed by atoms with Crippen LogP contribution >= 0.6 is 11.6 Å². The van der Waals surface area contributed by atoms with Crippen molar-refractivity contribution < 1.29 is 18.0 Å². The van der Waals surface area contributed by atoms with Crippen LogP contribution in [-0.4, -0.2) is 26.3 Å². The number of aryl methyl sites for hydroxylation is 1. The fourth-order valence-electron chi connectivity index (χ4n) is 5.55. The quantitative estimate of drug-likeness (QED) is 0.317. The number of anilines is 2. The Morgan fingerprint density at radius 2 is 1.39 bits per heavy atom. The van der Waals surface area contributed by atoms with Crippen LogP contribution in [0.4, 0.5) is 11.4 Å². The van der Waals surface area contributed by atoms with Gasteiger partial charge in [0.25, 0.3) is 15.9 Å². The number of nitrogens with zero attached hydrogens (tertiary/aromatic N) is 2. The first-order chi connectivity index (χ1) is 18.3. The zero-order valence-electron chi connectivity index (χ0n) is 20.4. The molecule has 6 nitrogen and oxygen atoms in total. The molecule has 190 valence electrons. The third-order valence-electron chi connectivity index (χ3n) is 7.24. The highest BCUT2D eigenvalue weighted by atomic mass is 35.5. The van der Waals surface area contributed by atoms with Crippen molar-refractivity contribution in [2.75, 3.05) is 9.21 Å². The third-order valence-corrected chi connectivity index (χ3v) is 9.29. The van der Waals surface area contributed by atoms with Gasteiger partial charge in [0.1, 0.15) is 6.04 Å². The molecule has 0 N–H and O–H groups in total. The Morgan fingerprint density at radius 3 is 2.05 bits per heavy atom. The largest absolute Gasteiger partial charge is 0.274 e. The van der Waals surface area contributed by atoms with Gasteiger partial charge in [0.15, 0.2) is 0 Å². The highest BCUT2D eigenvalue weighted by Crippen LogP contribution is 2.52. The van der Waals surface area contributed by atoms with E-state index in [0.29, 0.717) is 22.0 Å². The zero-order valence-corrected chi connectivity index (χ0v) is 21.9. The molecule has 2 aliphatic heterocycles. The van der Waals surface area contributed by atoms with Crippen molar-refractivity contribution in [1.29, 1.82) is 0 Å². The number of benzene rings is 4. The van der Waals surface area contributed by atoms with Gasteiger partial charge < -0.3 is 0 Å². The van der Waals surface area contributed by atoms with Crippen LogP contribution in [0.3, 0.4) is 0 Å². The monoisotopic (exact) mass is 542 g/mol. The fraction of sp³-hybridized carbons (Fsp3) is 0.133. The molecule has 8 heteroatoms. The number of rotatable bonds is 4. The minimum absolute atomic E-state index is 0.0410. The van der Waals surface area contributed by atoms with E-state index in [1.165, 1.54) is 12.1 Å². The van der Waals surface area contributed by atoms with E-state index in [-0.39, 0.29) is 4.90 Å². The summed E-state index contributed by atoms with van der Waals surface area (Å²) >= 11 is 6.43. The van der Waals surface area contributed by atoms with Crippen LogP contribution in [-0.2, 0) is 19.6 Å². The Bertz CT molecular complexity index is 1660. The Labute approximate surface area is 226 Å². The lowest BCUT2D eigenvalue weighted by atomic mass is 9.74. The Hall–Kier alpha value is -3.94. The number of para-hydroxylation sites is 1. The molecule has 6 rings (SSSR count). The van der Waals surface area contributed by atoms with Crippen LogP contribution in [0.15, 0.2) is 108 Å². The maximum atomic E-state index is 14.2. The van der Waals surface area contributed by atoms with E-state index in [9.17, 15) is 18.0 Å². The minimum Gasteiger partial charge on any atom is -0.274 e. The lowest BCUT2D eigenvalue weighted by Gasteiger charge is -2.41. The molecule has 1 saturated heterocycles. The van der Waals surface area contributed by atoms with Crippen molar-refractivity contribution in [1.82, 2.24) is 0 Å². The van der Waals surface area contributed by atoms with Crippen molar-refractivity contribution in [3.63, 3.8) is 0 Å². The first-order valence-electron chi connectivity index (χ1n) is 12.2. The van der Waals surface area contributed by atoms with E-state index in [0.717, 1.165) is 20.3 Å². The number of carbonyl (C=O) groups excluding carboxylic acids is 2. The molecule has 2 heterocycles. The van der Waals surface area contributed by atoms with Gasteiger partial charge in [0, 0.05) is 10.9 Å². The normalized spacial score (nSPS) is 20.8. The van der Waals surface area contributed by atoms with Gasteiger partial charge in [-0.1, -0.05) is 77.8 Å². The fourth-order valence-corrected chi connectivity index (χ4v) is 7.38. The van der Waals surface area contributed by atoms with Gasteiger partial charge in [-0.25, -0.2) is 13.3 Å². The predicted molar refractivity (Wildman–Crippen MR) is 147 cm³/mol. The first-order valence-corrected chi connectivity index (χ1v) is 14.0. The number of halogens is 1. The van der Waals surface area contributed by atoms with Crippen LogP contribution in [0.1, 0.15) is 22.6 Å². The topological polar surface area (TPSA) is 74.8 Å². The van der Waals surface area contributed by atoms with Gasteiger partial charge in [-0.05, 0) is 60.5 Å². The summed E-state index contributed by atoms with van der Waals surface area (Å²) in [6.07, 6.45) is 0. The number of fused-ring (bicyclic) bond motifs is 2. The smallest absolute Gasteiger partial charge is 0.265 e. The van der Waals surface area contributed by atoms with E-state index in [1.54, 1.807) is 60.7 Å². The minimum atomic E-state index is -4.24. The van der Waals surface area contributed by atoms with E-state index < -0.39 is 39.7 Å². The lowest BCUT2D eigenvalue weighted by Crippen LogP contribution is -2.52. The van der Waals surface area contributed by atoms with Crippen molar-refractivity contribution in [2.45, 2.75) is 23.8 Å². The molecule has 2 aliphatic rings. The van der Waals surface area contributed by atoms with Gasteiger partial charge in [0.2, 0.25) is 5.91 Å². The molecule has 4 aromatic carbocycles. The molecule has 0 spiro atoms. The summed E-state index contributed by atoms with van der Waals surface area (Å²) in [5, 5.41) is 0.410. The van der Waals surface area contributed by atoms with E-state index >= 15 is 0 Å². The van der Waals surface area contributed by atoms with E-state index in [4.69, 9.17) is 11.6 Å². The van der Waals surface area contributed by atoms with Crippen LogP contribution < -0.4 is 9.21 Å². The van der Waals surface area contributed by atoms with Crippen LogP contribution in [0.5, 0.6) is 0 Å². The van der Waals surface area contributed by atoms with Crippen LogP contribution in [0, 0.1) is 12.8 Å². The number of amides is 2. The number of sulfonamides is 1. The zero-order chi connectivity index (χ0) is 26.6. The summed E-state index contributed by atoms with van der Waals surface area (Å²) in [5.74, 6) is -2.60. The van der Waals surface area contributed by atoms with Gasteiger partial charge >= 0.3 is 0 Å². The standard InChI is InChI=1S/C30H23ClN2O4S/c1-19-12-15-23(16-13-19)38(36,37)33-25-17-14-21(31)18-24(25)26(20-8-4-2-5-9-20)27-28(33)30(35)32(29(27)34)22-10-6-3-7-11-22/h2-18,26-28H,1H3/t26-,27-,28+/m0/s1. The number of hydrogen-bond donors (Lipinski definition) is 0. The molecule has 0 bridgehead atoms. The molecular formula is C30H23ClN2O4S. The summed E-state index contributed by atoms with van der Waals surface area (Å²) < 4.78 is 29.6. The molecule has 38 heavy (non-hydrogen) atoms. The third kappa shape index (κ3) is 3.73. The highest BCUT2D eigenvalue weighted by molar-refractivity contribution is 7.93. The number of imide groups is 1. The maximum absolute atomic E-state index is 14.2. The summed E-state index contributed by atoms with van der Waals surface area (Å²) in [4.78, 5) is 29.4. The van der Waals surface area contributed by atoms with Crippen LogP contribution in [0.25, 0.3) is 0 Å². The molecule has 1 fully saturated rings. The highest BCUT2D eigenvalue weighted by Gasteiger charge is 2.60. The van der Waals surface area contributed by atoms with Crippen molar-refractivity contribution in [3.05, 3.63) is 125 Å². The van der Waals surface area contributed by atoms with Gasteiger partial charge in [0.05, 0.1) is 22.2 Å². The second-order valence-corrected chi connectivity index (χ2v) is 11.8. The second-order valence-electron chi connectivity index (χ2n) is 9.52. The van der Waals surface area contributed by atoms with E-state index in [1.807, 2.05) is 37.3 Å². The molecule has 2 amide bonds. The molecular weight excluding hydrogens is 520 g/mol. The maximum Gasteiger partial charge on any atom is 0.265 e. The number of carbonyl (C=O) groups is 2. The molecule has 0 aliphatic carbocycles. The lowest BCUT2D eigenvalue weighted by molar-refractivity contribution is -0.122. The first kappa shape index (κ1) is 24.4. The van der Waals surface area contributed by atoms with Gasteiger partial charge in [-0.3, -0.25) is 13.9 Å². The van der Waals surface area contributed by atoms with Crippen molar-refractivity contribution in [3.8, 4) is 0 Å². The average molecular weight is 543 g/mol. The Morgan fingerprint density at radius 1 is 0.763 bits per heavy atom. The summed E-state index contributed by atoms with van der Waals surface area (Å²) in [5.41, 5.74) is 3.02. The second kappa shape index (κ2) is 9.11. The summed E-state index contributed by atoms with van der Waals surface area (Å²) in [6.45, 7) is 1.87. The summed E-state index contributed by atoms with van der Waals surface area (Å²) in [6, 6.07) is 28.1. The predicted octanol–water partition coefficient (Wildman–Crippen LogP) is 5.55. The van der Waals surface area contributed by atoms with Crippen molar-refractivity contribution >= 4 is 44.8 Å². The van der Waals surface area contributed by atoms with Crippen molar-refractivity contribution in [2.24, 2.45) is 5.92 Å². The molecule has 3 atom stereocenters. The molecule has 4 aromatic rings. The van der Waals surface area contributed by atoms with Gasteiger partial charge in [-0.15, -0.1) is 0 Å². The van der Waals surface area contributed by atoms with Gasteiger partial charge in [-0.2, -0.15) is 0 Å². The summed E-state index contributed by atoms with van der Waals surface area (Å²) in [7, 11) is -4.24. The molecule has 0 unspecified atom stereocenters. The van der Waals surface area contributed by atoms with Crippen LogP contribution in [0.2, 0.25) is 5.02 Å².